The molecule has 0 aromatic rings. The Morgan fingerprint density at radius 3 is 1.76 bits per heavy atom. The summed E-state index contributed by atoms with van der Waals surface area (Å²) in [5.41, 5.74) is 0.516. The van der Waals surface area contributed by atoms with Gasteiger partial charge < -0.3 is 9.47 Å². The van der Waals surface area contributed by atoms with Gasteiger partial charge in [0.15, 0.2) is 0 Å². The maximum Gasteiger partial charge on any atom is 0.333 e. The van der Waals surface area contributed by atoms with Crippen molar-refractivity contribution in [3.63, 3.8) is 0 Å². The smallest absolute Gasteiger partial charge is 0.333 e. The maximum absolute atomic E-state index is 11.3. The Hall–Kier alpha value is -1.58. The van der Waals surface area contributed by atoms with Crippen LogP contribution in [0.15, 0.2) is 24.8 Å². The Kier molecular flexibility index (Phi) is 5.65. The van der Waals surface area contributed by atoms with Crippen molar-refractivity contribution in [2.24, 2.45) is 23.7 Å². The molecule has 138 valence electrons. The lowest BCUT2D eigenvalue weighted by molar-refractivity contribution is -0.147. The monoisotopic (exact) mass is 346 g/mol. The van der Waals surface area contributed by atoms with Crippen molar-refractivity contribution in [1.29, 1.82) is 0 Å². The Labute approximate surface area is 150 Å². The van der Waals surface area contributed by atoms with E-state index in [1.54, 1.807) is 6.92 Å². The summed E-state index contributed by atoms with van der Waals surface area (Å²) in [4.78, 5) is 22.2. The van der Waals surface area contributed by atoms with Gasteiger partial charge in [-0.05, 0) is 82.0 Å². The van der Waals surface area contributed by atoms with E-state index >= 15 is 0 Å². The zero-order valence-electron chi connectivity index (χ0n) is 15.2. The molecule has 0 N–H and O–H groups in total. The fraction of sp³-hybridized carbons (Fsp3) is 0.714. The highest BCUT2D eigenvalue weighted by molar-refractivity contribution is 5.87. The number of esters is 2. The number of rotatable bonds is 4. The van der Waals surface area contributed by atoms with Crippen LogP contribution in [-0.4, -0.2) is 24.1 Å². The first-order chi connectivity index (χ1) is 12.0. The average Bonchev–Trinajstić information content (AvgIpc) is 3.36. The fourth-order valence-corrected chi connectivity index (χ4v) is 5.10. The van der Waals surface area contributed by atoms with Gasteiger partial charge in [0.1, 0.15) is 12.2 Å². The predicted octanol–water partition coefficient (Wildman–Crippen LogP) is 4.20. The standard InChI is InChI=1S/C11H16O2.C10H14O2/c1-7(2)11(12)13-10-6-8-3-4-9(10)5-8;1-2-10(11)12-9-6-7-3-4-8(9)5-7/h8-10H,1,3-6H2,2H3;2,7-9H,1,3-6H2. The highest BCUT2D eigenvalue weighted by Crippen LogP contribution is 2.46. The van der Waals surface area contributed by atoms with Crippen LogP contribution in [0.5, 0.6) is 0 Å². The van der Waals surface area contributed by atoms with Gasteiger partial charge >= 0.3 is 11.9 Å². The van der Waals surface area contributed by atoms with Crippen LogP contribution in [-0.2, 0) is 19.1 Å². The zero-order chi connectivity index (χ0) is 18.0. The van der Waals surface area contributed by atoms with Crippen LogP contribution in [0.4, 0.5) is 0 Å². The summed E-state index contributed by atoms with van der Waals surface area (Å²) in [5.74, 6) is 2.49. The van der Waals surface area contributed by atoms with Crippen molar-refractivity contribution >= 4 is 11.9 Å². The molecular weight excluding hydrogens is 316 g/mol. The molecule has 0 aromatic carbocycles. The molecule has 0 aromatic heterocycles. The summed E-state index contributed by atoms with van der Waals surface area (Å²) in [6.45, 7) is 8.68. The van der Waals surface area contributed by atoms with Crippen LogP contribution in [0.3, 0.4) is 0 Å². The van der Waals surface area contributed by atoms with Gasteiger partial charge in [0, 0.05) is 11.6 Å². The second kappa shape index (κ2) is 7.76. The molecular formula is C21H30O4. The molecule has 6 unspecified atom stereocenters. The van der Waals surface area contributed by atoms with E-state index in [-0.39, 0.29) is 24.1 Å². The molecule has 0 aliphatic heterocycles. The minimum absolute atomic E-state index is 0.197. The van der Waals surface area contributed by atoms with Crippen LogP contribution in [0.25, 0.3) is 0 Å². The second-order valence-corrected chi connectivity index (χ2v) is 8.25. The van der Waals surface area contributed by atoms with Crippen molar-refractivity contribution in [3.8, 4) is 0 Å². The number of ether oxygens (including phenoxy) is 2. The first-order valence-electron chi connectivity index (χ1n) is 9.65. The number of hydrogen-bond acceptors (Lipinski definition) is 4. The SMILES string of the molecule is C=C(C)C(=O)OC1CC2CCC1C2.C=CC(=O)OC1CC2CCC1C2. The first-order valence-corrected chi connectivity index (χ1v) is 9.65. The fourth-order valence-electron chi connectivity index (χ4n) is 5.10. The molecule has 4 nitrogen and oxygen atoms in total. The third kappa shape index (κ3) is 4.34. The summed E-state index contributed by atoms with van der Waals surface area (Å²) in [6, 6.07) is 0. The van der Waals surface area contributed by atoms with Crippen molar-refractivity contribution in [2.45, 2.75) is 70.5 Å². The quantitative estimate of drug-likeness (QED) is 0.565. The van der Waals surface area contributed by atoms with E-state index in [1.165, 1.54) is 44.6 Å². The second-order valence-electron chi connectivity index (χ2n) is 8.25. The minimum atomic E-state index is -0.257. The van der Waals surface area contributed by atoms with E-state index in [0.717, 1.165) is 24.7 Å². The van der Waals surface area contributed by atoms with Crippen molar-refractivity contribution in [1.82, 2.24) is 0 Å². The molecule has 4 heteroatoms. The van der Waals surface area contributed by atoms with Crippen LogP contribution in [0, 0.1) is 23.7 Å². The van der Waals surface area contributed by atoms with E-state index in [4.69, 9.17) is 9.47 Å². The molecule has 6 atom stereocenters. The molecule has 0 spiro atoms. The summed E-state index contributed by atoms with van der Waals surface area (Å²) < 4.78 is 10.6. The van der Waals surface area contributed by atoms with Crippen molar-refractivity contribution < 1.29 is 19.1 Å². The molecule has 4 rings (SSSR count). The molecule has 0 saturated heterocycles. The van der Waals surface area contributed by atoms with E-state index in [1.807, 2.05) is 0 Å². The van der Waals surface area contributed by atoms with Gasteiger partial charge in [-0.3, -0.25) is 0 Å². The summed E-state index contributed by atoms with van der Waals surface area (Å²) in [7, 11) is 0. The van der Waals surface area contributed by atoms with Crippen molar-refractivity contribution in [2.75, 3.05) is 0 Å². The molecule has 4 aliphatic rings. The van der Waals surface area contributed by atoms with Crippen LogP contribution < -0.4 is 0 Å². The Balaban J connectivity index is 0.000000146. The van der Waals surface area contributed by atoms with Gasteiger partial charge in [0.05, 0.1) is 0 Å². The lowest BCUT2D eigenvalue weighted by atomic mass is 9.98. The lowest BCUT2D eigenvalue weighted by Crippen LogP contribution is -2.24. The third-order valence-electron chi connectivity index (χ3n) is 6.39. The Morgan fingerprint density at radius 1 is 0.880 bits per heavy atom. The first kappa shape index (κ1) is 18.2. The average molecular weight is 346 g/mol. The van der Waals surface area contributed by atoms with E-state index < -0.39 is 0 Å². The number of hydrogen-bond donors (Lipinski definition) is 0. The number of fused-ring (bicyclic) bond motifs is 4. The summed E-state index contributed by atoms with van der Waals surface area (Å²) in [6.07, 6.45) is 11.6. The topological polar surface area (TPSA) is 52.6 Å². The third-order valence-corrected chi connectivity index (χ3v) is 6.39. The Morgan fingerprint density at radius 2 is 1.40 bits per heavy atom. The lowest BCUT2D eigenvalue weighted by Gasteiger charge is -2.21. The molecule has 0 amide bonds. The van der Waals surface area contributed by atoms with Gasteiger partial charge in [0.25, 0.3) is 0 Å². The van der Waals surface area contributed by atoms with E-state index in [9.17, 15) is 9.59 Å². The molecule has 4 saturated carbocycles. The normalized spacial score (nSPS) is 37.2. The molecule has 4 fully saturated rings. The largest absolute Gasteiger partial charge is 0.459 e. The minimum Gasteiger partial charge on any atom is -0.459 e. The van der Waals surface area contributed by atoms with Gasteiger partial charge in [-0.15, -0.1) is 0 Å². The van der Waals surface area contributed by atoms with Gasteiger partial charge in [-0.25, -0.2) is 9.59 Å². The summed E-state index contributed by atoms with van der Waals surface area (Å²) in [5, 5.41) is 0. The zero-order valence-corrected chi connectivity index (χ0v) is 15.2. The highest BCUT2D eigenvalue weighted by Gasteiger charge is 2.42. The predicted molar refractivity (Wildman–Crippen MR) is 95.7 cm³/mol. The maximum atomic E-state index is 11.3. The van der Waals surface area contributed by atoms with Gasteiger partial charge in [-0.1, -0.05) is 13.2 Å². The van der Waals surface area contributed by atoms with E-state index in [0.29, 0.717) is 17.4 Å². The van der Waals surface area contributed by atoms with Crippen LogP contribution >= 0.6 is 0 Å². The Bertz CT molecular complexity index is 552. The molecule has 0 radical (unpaired) electrons. The van der Waals surface area contributed by atoms with Crippen molar-refractivity contribution in [3.05, 3.63) is 24.8 Å². The van der Waals surface area contributed by atoms with Gasteiger partial charge in [0.2, 0.25) is 0 Å². The molecule has 4 bridgehead atoms. The van der Waals surface area contributed by atoms with Gasteiger partial charge in [-0.2, -0.15) is 0 Å². The van der Waals surface area contributed by atoms with Crippen LogP contribution in [0.2, 0.25) is 0 Å². The van der Waals surface area contributed by atoms with E-state index in [2.05, 4.69) is 13.2 Å². The summed E-state index contributed by atoms with van der Waals surface area (Å²) >= 11 is 0. The number of carbonyl (C=O) groups is 2. The molecule has 25 heavy (non-hydrogen) atoms. The molecule has 0 heterocycles. The highest BCUT2D eigenvalue weighted by atomic mass is 16.5. The van der Waals surface area contributed by atoms with Crippen LogP contribution in [0.1, 0.15) is 58.3 Å². The molecule has 4 aliphatic carbocycles. The number of carbonyl (C=O) groups excluding carboxylic acids is 2.